The van der Waals surface area contributed by atoms with Gasteiger partial charge in [0.15, 0.2) is 6.29 Å². The molecule has 0 bridgehead atoms. The van der Waals surface area contributed by atoms with Crippen LogP contribution in [0.1, 0.15) is 117 Å². The molecule has 6 rings (SSSR count). The minimum atomic E-state index is 0.0486. The van der Waals surface area contributed by atoms with Crippen molar-refractivity contribution in [3.8, 4) is 0 Å². The molecule has 0 aromatic heterocycles. The molecule has 0 aromatic carbocycles. The maximum Gasteiger partial charge on any atom is 0.157 e. The van der Waals surface area contributed by atoms with Crippen LogP contribution in [0, 0.1) is 34.5 Å². The van der Waals surface area contributed by atoms with E-state index in [4.69, 9.17) is 18.9 Å². The molecule has 0 N–H and O–H groups in total. The van der Waals surface area contributed by atoms with E-state index in [9.17, 15) is 0 Å². The minimum Gasteiger partial charge on any atom is -0.379 e. The van der Waals surface area contributed by atoms with E-state index in [0.717, 1.165) is 69.4 Å². The molecule has 220 valence electrons. The molecule has 2 aliphatic heterocycles. The first-order valence-corrected chi connectivity index (χ1v) is 16.8. The van der Waals surface area contributed by atoms with Gasteiger partial charge in [0.1, 0.15) is 0 Å². The van der Waals surface area contributed by atoms with Gasteiger partial charge in [-0.2, -0.15) is 0 Å². The number of rotatable bonds is 9. The molecular weight excluding hydrogens is 484 g/mol. The second-order valence-electron chi connectivity index (χ2n) is 14.5. The molecule has 0 spiro atoms. The van der Waals surface area contributed by atoms with Crippen molar-refractivity contribution in [3.05, 3.63) is 23.3 Å². The zero-order chi connectivity index (χ0) is 26.9. The molecule has 2 saturated heterocycles. The number of allylic oxidation sites excluding steroid dienone is 3. The van der Waals surface area contributed by atoms with Gasteiger partial charge in [-0.05, 0) is 138 Å². The Morgan fingerprint density at radius 1 is 0.974 bits per heavy atom. The summed E-state index contributed by atoms with van der Waals surface area (Å²) in [6.45, 7) is 11.2. The van der Waals surface area contributed by atoms with Crippen LogP contribution in [0.25, 0.3) is 0 Å². The maximum atomic E-state index is 6.48. The Morgan fingerprint density at radius 2 is 1.90 bits per heavy atom. The van der Waals surface area contributed by atoms with Gasteiger partial charge >= 0.3 is 0 Å². The molecule has 6 aliphatic rings. The molecule has 0 aromatic rings. The molecule has 3 saturated carbocycles. The first-order valence-electron chi connectivity index (χ1n) is 16.8. The summed E-state index contributed by atoms with van der Waals surface area (Å²) in [6, 6.07) is 0. The van der Waals surface area contributed by atoms with Crippen LogP contribution < -0.4 is 0 Å². The minimum absolute atomic E-state index is 0.0486. The Hall–Kier alpha value is -0.680. The summed E-state index contributed by atoms with van der Waals surface area (Å²) in [5.41, 5.74) is 4.31. The number of ether oxygens (including phenoxy) is 4. The zero-order valence-electron chi connectivity index (χ0n) is 25.3. The first kappa shape index (κ1) is 28.4. The summed E-state index contributed by atoms with van der Waals surface area (Å²) in [4.78, 5) is 0. The number of fused-ring (bicyclic) bond motifs is 5. The Bertz CT molecular complexity index is 883. The van der Waals surface area contributed by atoms with Crippen LogP contribution in [0.5, 0.6) is 0 Å². The summed E-state index contributed by atoms with van der Waals surface area (Å²) >= 11 is 0. The number of unbranched alkanes of at least 4 members (excludes halogenated alkanes) is 2. The first-order chi connectivity index (χ1) is 19.0. The predicted molar refractivity (Wildman–Crippen MR) is 156 cm³/mol. The van der Waals surface area contributed by atoms with Crippen LogP contribution in [0.3, 0.4) is 0 Å². The fraction of sp³-hybridized carbons (Fsp3) is 0.886. The summed E-state index contributed by atoms with van der Waals surface area (Å²) in [6.07, 6.45) is 24.9. The molecule has 4 nitrogen and oxygen atoms in total. The average molecular weight is 541 g/mol. The van der Waals surface area contributed by atoms with Gasteiger partial charge < -0.3 is 18.9 Å². The van der Waals surface area contributed by atoms with Gasteiger partial charge in [0.05, 0.1) is 18.8 Å². The molecular formula is C35H56O4. The summed E-state index contributed by atoms with van der Waals surface area (Å²) in [7, 11) is 0. The molecule has 39 heavy (non-hydrogen) atoms. The van der Waals surface area contributed by atoms with Crippen LogP contribution in [-0.4, -0.2) is 44.9 Å². The fourth-order valence-corrected chi connectivity index (χ4v) is 10.1. The van der Waals surface area contributed by atoms with Gasteiger partial charge in [0, 0.05) is 19.8 Å². The largest absolute Gasteiger partial charge is 0.379 e. The van der Waals surface area contributed by atoms with Crippen molar-refractivity contribution in [2.24, 2.45) is 34.5 Å². The van der Waals surface area contributed by atoms with E-state index < -0.39 is 0 Å². The third-order valence-corrected chi connectivity index (χ3v) is 12.4. The topological polar surface area (TPSA) is 36.9 Å². The van der Waals surface area contributed by atoms with Gasteiger partial charge in [-0.15, -0.1) is 0 Å². The van der Waals surface area contributed by atoms with Crippen molar-refractivity contribution >= 4 is 0 Å². The number of hydrogen-bond acceptors (Lipinski definition) is 4. The SMILES string of the molecule is C/C(=C\CCCCO[C@@H]1CCOC1)[C@H]1CC[C@H]2[C@@H]3CC=C4C[C@@H](OC5CCCCO5)CC[C@]4(C)[C@H]3CC[C@]12C. The highest BCUT2D eigenvalue weighted by Crippen LogP contribution is 2.67. The molecule has 0 amide bonds. The van der Waals surface area contributed by atoms with Crippen LogP contribution in [0.4, 0.5) is 0 Å². The van der Waals surface area contributed by atoms with Gasteiger partial charge in [-0.3, -0.25) is 0 Å². The van der Waals surface area contributed by atoms with E-state index in [1.54, 1.807) is 11.1 Å². The monoisotopic (exact) mass is 540 g/mol. The van der Waals surface area contributed by atoms with Crippen molar-refractivity contribution in [2.75, 3.05) is 26.4 Å². The highest BCUT2D eigenvalue weighted by Gasteiger charge is 2.58. The normalized spacial score (nSPS) is 44.4. The lowest BCUT2D eigenvalue weighted by molar-refractivity contribution is -0.195. The van der Waals surface area contributed by atoms with Crippen molar-refractivity contribution in [1.29, 1.82) is 0 Å². The Labute approximate surface area is 238 Å². The lowest BCUT2D eigenvalue weighted by Gasteiger charge is -2.58. The van der Waals surface area contributed by atoms with Crippen LogP contribution in [-0.2, 0) is 18.9 Å². The molecule has 0 radical (unpaired) electrons. The number of hydrogen-bond donors (Lipinski definition) is 0. The van der Waals surface area contributed by atoms with E-state index >= 15 is 0 Å². The molecule has 9 atom stereocenters. The second-order valence-corrected chi connectivity index (χ2v) is 14.5. The van der Waals surface area contributed by atoms with Crippen LogP contribution in [0.2, 0.25) is 0 Å². The maximum absolute atomic E-state index is 6.48. The van der Waals surface area contributed by atoms with Crippen molar-refractivity contribution in [1.82, 2.24) is 0 Å². The summed E-state index contributed by atoms with van der Waals surface area (Å²) in [5.74, 6) is 3.43. The fourth-order valence-electron chi connectivity index (χ4n) is 10.1. The van der Waals surface area contributed by atoms with Crippen LogP contribution in [0.15, 0.2) is 23.3 Å². The smallest absolute Gasteiger partial charge is 0.157 e. The van der Waals surface area contributed by atoms with E-state index in [0.29, 0.717) is 23.0 Å². The standard InChI is InChI=1S/C35H56O4/c1-25(9-5-4-7-20-37-28-17-22-36-24-28)30-13-14-31-29-12-11-26-23-27(39-33-10-6-8-21-38-33)15-18-34(26,2)32(29)16-19-35(30,31)3/h9,11,27-33H,4-8,10,12-24H2,1-3H3/b25-9+/t27-,28+,29-,30+,31-,32-,33?,34-,35+/m0/s1. The summed E-state index contributed by atoms with van der Waals surface area (Å²) < 4.78 is 23.8. The molecule has 2 heterocycles. The van der Waals surface area contributed by atoms with E-state index in [2.05, 4.69) is 32.9 Å². The molecule has 5 fully saturated rings. The van der Waals surface area contributed by atoms with Crippen LogP contribution >= 0.6 is 0 Å². The Balaban J connectivity index is 1.03. The average Bonchev–Trinajstić information content (AvgIpc) is 3.59. The molecule has 4 aliphatic carbocycles. The Kier molecular flexibility index (Phi) is 8.95. The lowest BCUT2D eigenvalue weighted by Crippen LogP contribution is -2.50. The van der Waals surface area contributed by atoms with Crippen molar-refractivity contribution < 1.29 is 18.9 Å². The van der Waals surface area contributed by atoms with E-state index in [-0.39, 0.29) is 6.29 Å². The van der Waals surface area contributed by atoms with Gasteiger partial charge in [0.2, 0.25) is 0 Å². The predicted octanol–water partition coefficient (Wildman–Crippen LogP) is 8.40. The zero-order valence-corrected chi connectivity index (χ0v) is 25.3. The quantitative estimate of drug-likeness (QED) is 0.217. The van der Waals surface area contributed by atoms with Crippen molar-refractivity contribution in [3.63, 3.8) is 0 Å². The van der Waals surface area contributed by atoms with E-state index in [1.807, 2.05) is 0 Å². The van der Waals surface area contributed by atoms with Gasteiger partial charge in [0.25, 0.3) is 0 Å². The molecule has 1 unspecified atom stereocenters. The van der Waals surface area contributed by atoms with Gasteiger partial charge in [-0.25, -0.2) is 0 Å². The van der Waals surface area contributed by atoms with E-state index in [1.165, 1.54) is 77.0 Å². The summed E-state index contributed by atoms with van der Waals surface area (Å²) in [5, 5.41) is 0. The molecule has 4 heteroatoms. The highest BCUT2D eigenvalue weighted by atomic mass is 16.7. The highest BCUT2D eigenvalue weighted by molar-refractivity contribution is 5.26. The Morgan fingerprint density at radius 3 is 2.72 bits per heavy atom. The third-order valence-electron chi connectivity index (χ3n) is 12.4. The van der Waals surface area contributed by atoms with Crippen molar-refractivity contribution in [2.45, 2.75) is 136 Å². The lowest BCUT2D eigenvalue weighted by atomic mass is 9.47. The second kappa shape index (κ2) is 12.3. The third kappa shape index (κ3) is 5.84. The van der Waals surface area contributed by atoms with Gasteiger partial charge in [-0.1, -0.05) is 37.1 Å².